The molecule has 246 valence electrons. The van der Waals surface area contributed by atoms with Crippen molar-refractivity contribution in [3.05, 3.63) is 116 Å². The predicted octanol–water partition coefficient (Wildman–Crippen LogP) is 5.45. The lowest BCUT2D eigenvalue weighted by Crippen LogP contribution is -2.27. The number of benzene rings is 2. The summed E-state index contributed by atoms with van der Waals surface area (Å²) < 4.78 is 18.8. The molecule has 0 aliphatic carbocycles. The van der Waals surface area contributed by atoms with Gasteiger partial charge in [-0.15, -0.1) is 0 Å². The van der Waals surface area contributed by atoms with Gasteiger partial charge in [0, 0.05) is 11.8 Å². The van der Waals surface area contributed by atoms with Crippen molar-refractivity contribution in [3.8, 4) is 29.4 Å². The van der Waals surface area contributed by atoms with Gasteiger partial charge in [0.05, 0.1) is 62.5 Å². The summed E-state index contributed by atoms with van der Waals surface area (Å²) in [6.45, 7) is 3.99. The highest BCUT2D eigenvalue weighted by molar-refractivity contribution is 6.30. The van der Waals surface area contributed by atoms with Crippen LogP contribution in [0.3, 0.4) is 0 Å². The number of carboxylic acids is 1. The molecular formula is C34H32ClN7O6. The SMILES string of the molecule is COc1ccc(Cn2cc(Cl)cc(NC(c3ccc(C#N)cc3)c3c(C(=O)O)nn(-c4cnc(OC)nc4OC)c3C(C)C)c2=O)cc1. The minimum Gasteiger partial charge on any atom is -0.497 e. The van der Waals surface area contributed by atoms with Crippen LogP contribution >= 0.6 is 11.6 Å². The van der Waals surface area contributed by atoms with E-state index in [0.29, 0.717) is 22.6 Å². The van der Waals surface area contributed by atoms with Gasteiger partial charge in [-0.2, -0.15) is 15.3 Å². The maximum absolute atomic E-state index is 13.9. The zero-order valence-electron chi connectivity index (χ0n) is 26.8. The highest BCUT2D eigenvalue weighted by atomic mass is 35.5. The number of aromatic carboxylic acids is 1. The molecule has 0 aliphatic rings. The number of pyridine rings is 1. The molecule has 0 aliphatic heterocycles. The van der Waals surface area contributed by atoms with E-state index >= 15 is 0 Å². The third-order valence-corrected chi connectivity index (χ3v) is 7.76. The van der Waals surface area contributed by atoms with Gasteiger partial charge in [-0.1, -0.05) is 49.7 Å². The van der Waals surface area contributed by atoms with Crippen molar-refractivity contribution in [1.82, 2.24) is 24.3 Å². The average Bonchev–Trinajstić information content (AvgIpc) is 3.50. The van der Waals surface area contributed by atoms with Crippen molar-refractivity contribution in [3.63, 3.8) is 0 Å². The monoisotopic (exact) mass is 669 g/mol. The second-order valence-electron chi connectivity index (χ2n) is 10.9. The van der Waals surface area contributed by atoms with E-state index in [4.69, 9.17) is 25.8 Å². The number of carboxylic acid groups (broad SMARTS) is 1. The van der Waals surface area contributed by atoms with Gasteiger partial charge in [0.1, 0.15) is 17.1 Å². The number of anilines is 1. The highest BCUT2D eigenvalue weighted by Gasteiger charge is 2.33. The van der Waals surface area contributed by atoms with Crippen molar-refractivity contribution in [2.45, 2.75) is 32.4 Å². The fourth-order valence-electron chi connectivity index (χ4n) is 5.34. The molecule has 0 radical (unpaired) electrons. The Labute approximate surface area is 280 Å². The number of hydrogen-bond donors (Lipinski definition) is 2. The number of nitriles is 1. The van der Waals surface area contributed by atoms with Crippen LogP contribution in [0.15, 0.2) is 71.8 Å². The van der Waals surface area contributed by atoms with E-state index in [9.17, 15) is 20.0 Å². The Morgan fingerprint density at radius 3 is 2.35 bits per heavy atom. The third kappa shape index (κ3) is 6.79. The second kappa shape index (κ2) is 14.3. The van der Waals surface area contributed by atoms with Crippen molar-refractivity contribution < 1.29 is 24.1 Å². The molecule has 0 bridgehead atoms. The number of halogens is 1. The van der Waals surface area contributed by atoms with Crippen molar-refractivity contribution in [2.75, 3.05) is 26.6 Å². The molecule has 2 aromatic carbocycles. The van der Waals surface area contributed by atoms with Crippen molar-refractivity contribution in [2.24, 2.45) is 0 Å². The number of carbonyl (C=O) groups is 1. The molecular weight excluding hydrogens is 638 g/mol. The number of nitrogens with zero attached hydrogens (tertiary/aromatic N) is 6. The van der Waals surface area contributed by atoms with E-state index < -0.39 is 17.6 Å². The quantitative estimate of drug-likeness (QED) is 0.173. The summed E-state index contributed by atoms with van der Waals surface area (Å²) >= 11 is 6.55. The van der Waals surface area contributed by atoms with E-state index in [0.717, 1.165) is 5.56 Å². The van der Waals surface area contributed by atoms with Crippen LogP contribution in [0.5, 0.6) is 17.6 Å². The lowest BCUT2D eigenvalue weighted by Gasteiger charge is -2.24. The summed E-state index contributed by atoms with van der Waals surface area (Å²) in [7, 11) is 4.40. The maximum atomic E-state index is 13.9. The van der Waals surface area contributed by atoms with Crippen LogP contribution in [-0.4, -0.2) is 56.7 Å². The zero-order valence-corrected chi connectivity index (χ0v) is 27.5. The predicted molar refractivity (Wildman–Crippen MR) is 178 cm³/mol. The zero-order chi connectivity index (χ0) is 34.5. The van der Waals surface area contributed by atoms with Crippen molar-refractivity contribution in [1.29, 1.82) is 5.26 Å². The van der Waals surface area contributed by atoms with Gasteiger partial charge in [0.25, 0.3) is 5.56 Å². The lowest BCUT2D eigenvalue weighted by molar-refractivity contribution is 0.0688. The van der Waals surface area contributed by atoms with E-state index in [1.807, 2.05) is 26.0 Å². The summed E-state index contributed by atoms with van der Waals surface area (Å²) in [5, 5.41) is 28.1. The van der Waals surface area contributed by atoms with Gasteiger partial charge >= 0.3 is 12.0 Å². The minimum absolute atomic E-state index is 0.0523. The van der Waals surface area contributed by atoms with Crippen molar-refractivity contribution >= 4 is 23.3 Å². The second-order valence-corrected chi connectivity index (χ2v) is 11.4. The molecule has 2 N–H and O–H groups in total. The number of nitrogens with one attached hydrogen (secondary N) is 1. The molecule has 5 rings (SSSR count). The summed E-state index contributed by atoms with van der Waals surface area (Å²) in [6, 6.07) is 16.6. The van der Waals surface area contributed by atoms with Gasteiger partial charge in [0.15, 0.2) is 5.69 Å². The van der Waals surface area contributed by atoms with Gasteiger partial charge in [-0.25, -0.2) is 14.5 Å². The van der Waals surface area contributed by atoms with Crippen LogP contribution in [0.4, 0.5) is 5.69 Å². The van der Waals surface area contributed by atoms with Gasteiger partial charge in [-0.3, -0.25) is 4.79 Å². The number of aromatic nitrogens is 5. The molecule has 3 heterocycles. The van der Waals surface area contributed by atoms with E-state index in [-0.39, 0.29) is 52.0 Å². The first-order valence-corrected chi connectivity index (χ1v) is 15.1. The summed E-state index contributed by atoms with van der Waals surface area (Å²) in [5.74, 6) is -0.822. The molecule has 0 saturated heterocycles. The topological polar surface area (TPSA) is 166 Å². The Kier molecular flexibility index (Phi) is 9.96. The van der Waals surface area contributed by atoms with E-state index in [1.165, 1.54) is 41.9 Å². The van der Waals surface area contributed by atoms with Crippen LogP contribution in [0.25, 0.3) is 5.69 Å². The third-order valence-electron chi connectivity index (χ3n) is 7.55. The summed E-state index contributed by atoms with van der Waals surface area (Å²) in [6.07, 6.45) is 2.96. The number of hydrogen-bond acceptors (Lipinski definition) is 10. The average molecular weight is 670 g/mol. The van der Waals surface area contributed by atoms with Crippen LogP contribution in [0.2, 0.25) is 5.02 Å². The Balaban J connectivity index is 1.72. The number of ether oxygens (including phenoxy) is 3. The van der Waals surface area contributed by atoms with Crippen LogP contribution in [0.1, 0.15) is 64.2 Å². The molecule has 13 nitrogen and oxygen atoms in total. The Morgan fingerprint density at radius 1 is 1.06 bits per heavy atom. The first-order chi connectivity index (χ1) is 23.1. The molecule has 3 aromatic heterocycles. The molecule has 5 aromatic rings. The largest absolute Gasteiger partial charge is 0.497 e. The molecule has 0 amide bonds. The fraction of sp³-hybridized carbons (Fsp3) is 0.235. The molecule has 1 unspecified atom stereocenters. The molecule has 1 atom stereocenters. The standard InChI is InChI=1S/C34H32ClN7O6/c1-19(2)30-27(29(33(44)45)40-42(30)26-16-37-34(48-5)39-31(26)47-4)28(22-10-6-20(15-36)7-11-22)38-25-14-23(35)18-41(32(25)43)17-21-8-12-24(46-3)13-9-21/h6-14,16,18-19,28,38H,17H2,1-5H3,(H,44,45). The normalized spacial score (nSPS) is 11.5. The minimum atomic E-state index is -1.30. The molecule has 0 saturated carbocycles. The first kappa shape index (κ1) is 33.5. The molecule has 0 spiro atoms. The van der Waals surface area contributed by atoms with E-state index in [1.54, 1.807) is 43.5 Å². The summed E-state index contributed by atoms with van der Waals surface area (Å²) in [4.78, 5) is 35.3. The number of rotatable bonds is 12. The lowest BCUT2D eigenvalue weighted by atomic mass is 9.91. The maximum Gasteiger partial charge on any atom is 0.356 e. The fourth-order valence-corrected chi connectivity index (χ4v) is 5.57. The first-order valence-electron chi connectivity index (χ1n) is 14.7. The Morgan fingerprint density at radius 2 is 1.77 bits per heavy atom. The molecule has 48 heavy (non-hydrogen) atoms. The Bertz CT molecular complexity index is 2050. The smallest absolute Gasteiger partial charge is 0.356 e. The van der Waals surface area contributed by atoms with Gasteiger partial charge in [0.2, 0.25) is 5.88 Å². The Hall–Kier alpha value is -5.87. The van der Waals surface area contributed by atoms with Crippen LogP contribution in [-0.2, 0) is 6.54 Å². The molecule has 14 heteroatoms. The van der Waals surface area contributed by atoms with Gasteiger partial charge in [-0.05, 0) is 47.4 Å². The summed E-state index contributed by atoms with van der Waals surface area (Å²) in [5.41, 5.74) is 2.30. The van der Waals surface area contributed by atoms with Crippen LogP contribution in [0, 0.1) is 11.3 Å². The van der Waals surface area contributed by atoms with Gasteiger partial charge < -0.3 is 29.2 Å². The molecule has 0 fully saturated rings. The highest BCUT2D eigenvalue weighted by Crippen LogP contribution is 2.37. The number of methoxy groups -OCH3 is 3. The van der Waals surface area contributed by atoms with E-state index in [2.05, 4.69) is 26.5 Å². The van der Waals surface area contributed by atoms with Crippen LogP contribution < -0.4 is 25.1 Å².